The van der Waals surface area contributed by atoms with Gasteiger partial charge in [-0.2, -0.15) is 0 Å². The van der Waals surface area contributed by atoms with Crippen molar-refractivity contribution in [2.75, 3.05) is 17.6 Å². The molecule has 1 aromatic carbocycles. The highest BCUT2D eigenvalue weighted by Crippen LogP contribution is 2.40. The van der Waals surface area contributed by atoms with Crippen molar-refractivity contribution in [3.05, 3.63) is 24.3 Å². The lowest BCUT2D eigenvalue weighted by Gasteiger charge is -2.28. The number of hydrogen-bond donors (Lipinski definition) is 2. The van der Waals surface area contributed by atoms with Crippen LogP contribution in [-0.2, 0) is 0 Å². The van der Waals surface area contributed by atoms with Crippen LogP contribution in [0.3, 0.4) is 0 Å². The minimum Gasteiger partial charge on any atom is -0.399 e. The SMILES string of the molecule is CCC1(CNc2cccc(N)c2)CCCC1. The predicted molar refractivity (Wildman–Crippen MR) is 70.5 cm³/mol. The van der Waals surface area contributed by atoms with E-state index >= 15 is 0 Å². The minimum atomic E-state index is 0.532. The van der Waals surface area contributed by atoms with E-state index in [9.17, 15) is 0 Å². The average Bonchev–Trinajstić information content (AvgIpc) is 2.76. The van der Waals surface area contributed by atoms with Crippen LogP contribution in [0.25, 0.3) is 0 Å². The minimum absolute atomic E-state index is 0.532. The first-order valence-electron chi connectivity index (χ1n) is 6.33. The smallest absolute Gasteiger partial charge is 0.0360 e. The molecule has 0 amide bonds. The van der Waals surface area contributed by atoms with E-state index in [0.717, 1.165) is 17.9 Å². The number of nitrogen functional groups attached to an aromatic ring is 1. The van der Waals surface area contributed by atoms with Crippen molar-refractivity contribution < 1.29 is 0 Å². The van der Waals surface area contributed by atoms with Crippen LogP contribution in [-0.4, -0.2) is 6.54 Å². The van der Waals surface area contributed by atoms with Gasteiger partial charge in [-0.05, 0) is 42.9 Å². The summed E-state index contributed by atoms with van der Waals surface area (Å²) in [6.45, 7) is 3.40. The summed E-state index contributed by atoms with van der Waals surface area (Å²) in [5.74, 6) is 0. The van der Waals surface area contributed by atoms with E-state index < -0.39 is 0 Å². The lowest BCUT2D eigenvalue weighted by molar-refractivity contribution is 0.307. The second kappa shape index (κ2) is 4.77. The van der Waals surface area contributed by atoms with Gasteiger partial charge >= 0.3 is 0 Å². The zero-order valence-electron chi connectivity index (χ0n) is 10.1. The monoisotopic (exact) mass is 218 g/mol. The van der Waals surface area contributed by atoms with Crippen LogP contribution in [0, 0.1) is 5.41 Å². The number of benzene rings is 1. The molecule has 0 atom stereocenters. The van der Waals surface area contributed by atoms with Crippen LogP contribution in [0.4, 0.5) is 11.4 Å². The Kier molecular flexibility index (Phi) is 3.37. The molecule has 2 heteroatoms. The highest BCUT2D eigenvalue weighted by Gasteiger charge is 2.31. The first kappa shape index (κ1) is 11.3. The molecule has 0 bridgehead atoms. The van der Waals surface area contributed by atoms with Crippen LogP contribution in [0.15, 0.2) is 24.3 Å². The zero-order chi connectivity index (χ0) is 11.4. The molecular formula is C14H22N2. The van der Waals surface area contributed by atoms with Crippen molar-refractivity contribution in [3.8, 4) is 0 Å². The molecule has 0 unspecified atom stereocenters. The Bertz CT molecular complexity index is 340. The number of nitrogens with two attached hydrogens (primary N) is 1. The first-order valence-corrected chi connectivity index (χ1v) is 6.33. The quantitative estimate of drug-likeness (QED) is 0.757. The van der Waals surface area contributed by atoms with Gasteiger partial charge in [-0.3, -0.25) is 0 Å². The topological polar surface area (TPSA) is 38.0 Å². The van der Waals surface area contributed by atoms with Gasteiger partial charge in [0.1, 0.15) is 0 Å². The van der Waals surface area contributed by atoms with E-state index in [4.69, 9.17) is 5.73 Å². The molecule has 1 aliphatic carbocycles. The fourth-order valence-electron chi connectivity index (χ4n) is 2.72. The van der Waals surface area contributed by atoms with Crippen molar-refractivity contribution in [2.24, 2.45) is 5.41 Å². The average molecular weight is 218 g/mol. The fraction of sp³-hybridized carbons (Fsp3) is 0.571. The van der Waals surface area contributed by atoms with Gasteiger partial charge in [0.25, 0.3) is 0 Å². The van der Waals surface area contributed by atoms with E-state index in [2.05, 4.69) is 18.3 Å². The summed E-state index contributed by atoms with van der Waals surface area (Å²) in [6, 6.07) is 8.04. The third-order valence-electron chi connectivity index (χ3n) is 3.97. The third-order valence-corrected chi connectivity index (χ3v) is 3.97. The zero-order valence-corrected chi connectivity index (χ0v) is 10.1. The van der Waals surface area contributed by atoms with Gasteiger partial charge in [-0.25, -0.2) is 0 Å². The maximum atomic E-state index is 5.77. The van der Waals surface area contributed by atoms with Gasteiger partial charge in [0.05, 0.1) is 0 Å². The summed E-state index contributed by atoms with van der Waals surface area (Å²) < 4.78 is 0. The van der Waals surface area contributed by atoms with Crippen molar-refractivity contribution in [1.82, 2.24) is 0 Å². The third kappa shape index (κ3) is 2.49. The maximum absolute atomic E-state index is 5.77. The molecule has 0 heterocycles. The van der Waals surface area contributed by atoms with Gasteiger partial charge in [0.2, 0.25) is 0 Å². The molecule has 3 N–H and O–H groups in total. The molecule has 2 rings (SSSR count). The molecule has 88 valence electrons. The van der Waals surface area contributed by atoms with Gasteiger partial charge in [-0.15, -0.1) is 0 Å². The van der Waals surface area contributed by atoms with Crippen LogP contribution in [0.5, 0.6) is 0 Å². The molecule has 1 saturated carbocycles. The van der Waals surface area contributed by atoms with Crippen molar-refractivity contribution >= 4 is 11.4 Å². The highest BCUT2D eigenvalue weighted by molar-refractivity contribution is 5.54. The summed E-state index contributed by atoms with van der Waals surface area (Å²) >= 11 is 0. The molecule has 0 saturated heterocycles. The molecule has 2 nitrogen and oxygen atoms in total. The van der Waals surface area contributed by atoms with Crippen molar-refractivity contribution in [2.45, 2.75) is 39.0 Å². The molecular weight excluding hydrogens is 196 g/mol. The lowest BCUT2D eigenvalue weighted by atomic mass is 9.83. The van der Waals surface area contributed by atoms with Crippen LogP contribution < -0.4 is 11.1 Å². The van der Waals surface area contributed by atoms with Gasteiger partial charge < -0.3 is 11.1 Å². The number of rotatable bonds is 4. The molecule has 0 spiro atoms. The second-order valence-corrected chi connectivity index (χ2v) is 5.04. The largest absolute Gasteiger partial charge is 0.399 e. The van der Waals surface area contributed by atoms with Gasteiger partial charge in [0.15, 0.2) is 0 Å². The Morgan fingerprint density at radius 1 is 1.31 bits per heavy atom. The molecule has 0 aromatic heterocycles. The molecule has 0 radical (unpaired) electrons. The summed E-state index contributed by atoms with van der Waals surface area (Å²) in [7, 11) is 0. The molecule has 1 fully saturated rings. The Hall–Kier alpha value is -1.18. The van der Waals surface area contributed by atoms with E-state index in [1.54, 1.807) is 0 Å². The van der Waals surface area contributed by atoms with Gasteiger partial charge in [0, 0.05) is 17.9 Å². The van der Waals surface area contributed by atoms with Crippen molar-refractivity contribution in [3.63, 3.8) is 0 Å². The number of hydrogen-bond acceptors (Lipinski definition) is 2. The second-order valence-electron chi connectivity index (χ2n) is 5.04. The Labute approximate surface area is 98.2 Å². The van der Waals surface area contributed by atoms with Gasteiger partial charge in [-0.1, -0.05) is 25.8 Å². The molecule has 1 aliphatic rings. The highest BCUT2D eigenvalue weighted by atomic mass is 14.9. The summed E-state index contributed by atoms with van der Waals surface area (Å²) in [6.07, 6.45) is 6.82. The number of nitrogens with one attached hydrogen (secondary N) is 1. The van der Waals surface area contributed by atoms with Crippen LogP contribution >= 0.6 is 0 Å². The summed E-state index contributed by atoms with van der Waals surface area (Å²) in [5.41, 5.74) is 8.29. The molecule has 1 aromatic rings. The van der Waals surface area contributed by atoms with E-state index in [-0.39, 0.29) is 0 Å². The molecule has 0 aliphatic heterocycles. The Morgan fingerprint density at radius 2 is 2.06 bits per heavy atom. The number of anilines is 2. The van der Waals surface area contributed by atoms with E-state index in [1.165, 1.54) is 32.1 Å². The summed E-state index contributed by atoms with van der Waals surface area (Å²) in [4.78, 5) is 0. The summed E-state index contributed by atoms with van der Waals surface area (Å²) in [5, 5.41) is 3.54. The maximum Gasteiger partial charge on any atom is 0.0360 e. The lowest BCUT2D eigenvalue weighted by Crippen LogP contribution is -2.25. The fourth-order valence-corrected chi connectivity index (χ4v) is 2.72. The standard InChI is InChI=1S/C14H22N2/c1-2-14(8-3-4-9-14)11-16-13-7-5-6-12(15)10-13/h5-7,10,16H,2-4,8-9,11,15H2,1H3. The van der Waals surface area contributed by atoms with Crippen LogP contribution in [0.1, 0.15) is 39.0 Å². The first-order chi connectivity index (χ1) is 7.74. The van der Waals surface area contributed by atoms with E-state index in [1.807, 2.05) is 18.2 Å². The van der Waals surface area contributed by atoms with Crippen molar-refractivity contribution in [1.29, 1.82) is 0 Å². The predicted octanol–water partition coefficient (Wildman–Crippen LogP) is 3.65. The normalized spacial score (nSPS) is 18.6. The Balaban J connectivity index is 1.95. The van der Waals surface area contributed by atoms with Crippen LogP contribution in [0.2, 0.25) is 0 Å². The molecule has 16 heavy (non-hydrogen) atoms. The van der Waals surface area contributed by atoms with E-state index in [0.29, 0.717) is 5.41 Å². The Morgan fingerprint density at radius 3 is 2.69 bits per heavy atom.